The number of benzene rings is 2. The first kappa shape index (κ1) is 29.4. The molecule has 2 amide bonds. The molecule has 2 saturated heterocycles. The molecule has 4 atom stereocenters. The average molecular weight is 627 g/mol. The van der Waals surface area contributed by atoms with Crippen LogP contribution in [-0.2, 0) is 11.3 Å². The number of likely N-dealkylation sites (N-methyl/N-ethyl adjacent to an activating group) is 1. The number of fused-ring (bicyclic) bond motifs is 9. The number of amides is 2. The Labute approximate surface area is 271 Å². The van der Waals surface area contributed by atoms with Crippen molar-refractivity contribution in [2.45, 2.75) is 95.2 Å². The minimum atomic E-state index is -0.469. The molecule has 2 aromatic carbocycles. The molecule has 0 radical (unpaired) electrons. The lowest BCUT2D eigenvalue weighted by molar-refractivity contribution is -0.159. The number of hydrogen-bond donors (Lipinski definition) is 1. The topological polar surface area (TPSA) is 66.8 Å². The number of nitrogens with zero attached hydrogens (tertiary/aromatic N) is 3. The number of aromatic nitrogens is 1. The molecule has 1 N–H and O–H groups in total. The second-order valence-electron chi connectivity index (χ2n) is 14.4. The van der Waals surface area contributed by atoms with Gasteiger partial charge in [-0.15, -0.1) is 0 Å². The molecule has 8 heteroatoms. The highest BCUT2D eigenvalue weighted by Gasteiger charge is 2.66. The monoisotopic (exact) mass is 626 g/mol. The van der Waals surface area contributed by atoms with Gasteiger partial charge in [0, 0.05) is 65.4 Å². The molecule has 3 aromatic rings. The number of piperazine rings is 1. The molecule has 4 fully saturated rings. The molecule has 4 heterocycles. The highest BCUT2D eigenvalue weighted by Crippen LogP contribution is 2.67. The van der Waals surface area contributed by atoms with Crippen LogP contribution in [0.25, 0.3) is 22.2 Å². The van der Waals surface area contributed by atoms with Crippen LogP contribution >= 0.6 is 11.9 Å². The Bertz CT molecular complexity index is 1650. The van der Waals surface area contributed by atoms with Crippen LogP contribution in [-0.4, -0.2) is 71.3 Å². The minimum absolute atomic E-state index is 0.0425. The highest BCUT2D eigenvalue weighted by molar-refractivity contribution is 7.97. The van der Waals surface area contributed by atoms with Crippen LogP contribution in [0.4, 0.5) is 0 Å². The van der Waals surface area contributed by atoms with Gasteiger partial charge in [0.05, 0.1) is 18.2 Å². The van der Waals surface area contributed by atoms with E-state index in [-0.39, 0.29) is 11.8 Å². The van der Waals surface area contributed by atoms with E-state index in [4.69, 9.17) is 4.74 Å². The number of piperidine rings is 1. The lowest BCUT2D eigenvalue weighted by Crippen LogP contribution is -2.70. The Kier molecular flexibility index (Phi) is 7.44. The summed E-state index contributed by atoms with van der Waals surface area (Å²) in [7, 11) is 3.91. The number of hydrogen-bond acceptors (Lipinski definition) is 5. The Morgan fingerprint density at radius 1 is 1.07 bits per heavy atom. The van der Waals surface area contributed by atoms with Gasteiger partial charge in [0.15, 0.2) is 0 Å². The second-order valence-corrected chi connectivity index (χ2v) is 15.3. The molecule has 1 aromatic heterocycles. The second kappa shape index (κ2) is 11.4. The van der Waals surface area contributed by atoms with Crippen molar-refractivity contribution < 1.29 is 14.3 Å². The molecule has 2 saturated carbocycles. The van der Waals surface area contributed by atoms with Crippen molar-refractivity contribution in [3.8, 4) is 17.0 Å². The van der Waals surface area contributed by atoms with Gasteiger partial charge < -0.3 is 19.1 Å². The third-order valence-corrected chi connectivity index (χ3v) is 12.4. The van der Waals surface area contributed by atoms with Crippen LogP contribution in [0.15, 0.2) is 36.4 Å². The van der Waals surface area contributed by atoms with Crippen molar-refractivity contribution in [3.63, 3.8) is 0 Å². The number of carbonyl (C=O) groups excluding carboxylic acids is 2. The summed E-state index contributed by atoms with van der Waals surface area (Å²) in [6.45, 7) is 4.76. The van der Waals surface area contributed by atoms with Crippen molar-refractivity contribution in [2.24, 2.45) is 5.41 Å². The molecule has 2 aliphatic carbocycles. The van der Waals surface area contributed by atoms with Gasteiger partial charge in [-0.25, -0.2) is 0 Å². The molecule has 7 nitrogen and oxygen atoms in total. The van der Waals surface area contributed by atoms with Gasteiger partial charge >= 0.3 is 0 Å². The molecular formula is C37H46N4O3S. The standard InChI is InChI=1S/C37H46N4O3S/c1-4-5-15-45-38-35(42)24-11-13-29-32(16-24)40-22-37(36(43)41-25-17-26(41)21-39(2)20-25)19-31(37)30-18-27(44-3)12-14-28(30)34(40)33(29)23-9-7-6-8-10-23/h11-14,16,18,23,25-26,31H,4-10,15,17,19-22H2,1-3H3,(H,38,42). The summed E-state index contributed by atoms with van der Waals surface area (Å²) in [6.07, 6.45) is 10.3. The first-order chi connectivity index (χ1) is 21.9. The van der Waals surface area contributed by atoms with E-state index in [1.54, 1.807) is 7.11 Å². The predicted molar refractivity (Wildman–Crippen MR) is 181 cm³/mol. The Morgan fingerprint density at radius 3 is 2.62 bits per heavy atom. The van der Waals surface area contributed by atoms with E-state index in [0.717, 1.165) is 55.8 Å². The normalized spacial score (nSPS) is 27.2. The number of ether oxygens (including phenoxy) is 1. The third kappa shape index (κ3) is 4.72. The van der Waals surface area contributed by atoms with Gasteiger partial charge in [-0.05, 0) is 86.5 Å². The average Bonchev–Trinajstić information content (AvgIpc) is 3.73. The maximum absolute atomic E-state index is 14.8. The summed E-state index contributed by atoms with van der Waals surface area (Å²) in [5.41, 5.74) is 6.52. The van der Waals surface area contributed by atoms with E-state index < -0.39 is 5.41 Å². The molecule has 8 rings (SSSR count). The van der Waals surface area contributed by atoms with E-state index in [0.29, 0.717) is 36.0 Å². The van der Waals surface area contributed by atoms with Crippen molar-refractivity contribution in [3.05, 3.63) is 53.1 Å². The van der Waals surface area contributed by atoms with Crippen LogP contribution in [0.1, 0.15) is 98.0 Å². The smallest absolute Gasteiger partial charge is 0.261 e. The van der Waals surface area contributed by atoms with Gasteiger partial charge in [0.2, 0.25) is 5.91 Å². The third-order valence-electron chi connectivity index (χ3n) is 11.6. The van der Waals surface area contributed by atoms with Crippen LogP contribution in [0, 0.1) is 5.41 Å². The summed E-state index contributed by atoms with van der Waals surface area (Å²) < 4.78 is 11.3. The maximum Gasteiger partial charge on any atom is 0.261 e. The molecule has 4 unspecified atom stereocenters. The van der Waals surface area contributed by atoms with Gasteiger partial charge in [-0.1, -0.05) is 50.6 Å². The minimum Gasteiger partial charge on any atom is -0.497 e. The van der Waals surface area contributed by atoms with Crippen molar-refractivity contribution in [2.75, 3.05) is 33.0 Å². The van der Waals surface area contributed by atoms with Crippen LogP contribution < -0.4 is 9.46 Å². The fraction of sp³-hybridized carbons (Fsp3) is 0.568. The Morgan fingerprint density at radius 2 is 1.87 bits per heavy atom. The number of nitrogens with one attached hydrogen (secondary N) is 1. The van der Waals surface area contributed by atoms with Gasteiger partial charge in [-0.3, -0.25) is 14.3 Å². The highest BCUT2D eigenvalue weighted by atomic mass is 32.2. The van der Waals surface area contributed by atoms with E-state index in [1.165, 1.54) is 71.8 Å². The van der Waals surface area contributed by atoms with Crippen molar-refractivity contribution in [1.29, 1.82) is 0 Å². The quantitative estimate of drug-likeness (QED) is 0.217. The SMILES string of the molecule is CCCCSNC(=O)c1ccc2c(C3CCCCC3)c3n(c2c1)CC1(C(=O)N2C4CC2CN(C)C4)CC1c1cc(OC)ccc1-3. The molecule has 238 valence electrons. The zero-order valence-corrected chi connectivity index (χ0v) is 27.8. The molecule has 0 spiro atoms. The first-order valence-electron chi connectivity index (χ1n) is 17.2. The fourth-order valence-corrected chi connectivity index (χ4v) is 10.0. The largest absolute Gasteiger partial charge is 0.497 e. The Balaban J connectivity index is 1.28. The predicted octanol–water partition coefficient (Wildman–Crippen LogP) is 6.94. The maximum atomic E-state index is 14.8. The number of carbonyl (C=O) groups is 2. The van der Waals surface area contributed by atoms with E-state index in [1.807, 2.05) is 6.07 Å². The summed E-state index contributed by atoms with van der Waals surface area (Å²) >= 11 is 1.50. The zero-order valence-electron chi connectivity index (χ0n) is 26.9. The lowest BCUT2D eigenvalue weighted by Gasteiger charge is -2.56. The van der Waals surface area contributed by atoms with Crippen LogP contribution in [0.5, 0.6) is 5.75 Å². The summed E-state index contributed by atoms with van der Waals surface area (Å²) in [5, 5.41) is 1.25. The molecular weight excluding hydrogens is 580 g/mol. The van der Waals surface area contributed by atoms with Gasteiger partial charge in [0.1, 0.15) is 5.75 Å². The Hall–Kier alpha value is -2.97. The van der Waals surface area contributed by atoms with Gasteiger partial charge in [0.25, 0.3) is 5.91 Å². The summed E-state index contributed by atoms with van der Waals surface area (Å²) in [5.74, 6) is 2.71. The summed E-state index contributed by atoms with van der Waals surface area (Å²) in [6, 6.07) is 13.5. The molecule has 2 bridgehead atoms. The van der Waals surface area contributed by atoms with Gasteiger partial charge in [-0.2, -0.15) is 0 Å². The number of unbranched alkanes of at least 4 members (excludes halogenated alkanes) is 1. The molecule has 3 aliphatic heterocycles. The van der Waals surface area contributed by atoms with E-state index in [9.17, 15) is 9.59 Å². The zero-order chi connectivity index (χ0) is 30.9. The number of likely N-dealkylation sites (tertiary alicyclic amines) is 2. The van der Waals surface area contributed by atoms with E-state index >= 15 is 0 Å². The molecule has 45 heavy (non-hydrogen) atoms. The molecule has 5 aliphatic rings. The van der Waals surface area contributed by atoms with Crippen molar-refractivity contribution in [1.82, 2.24) is 19.1 Å². The van der Waals surface area contributed by atoms with E-state index in [2.05, 4.69) is 63.4 Å². The first-order valence-corrected chi connectivity index (χ1v) is 18.2. The van der Waals surface area contributed by atoms with Crippen molar-refractivity contribution >= 4 is 34.7 Å². The fourth-order valence-electron chi connectivity index (χ4n) is 9.22. The lowest BCUT2D eigenvalue weighted by atomic mass is 9.81. The van der Waals surface area contributed by atoms with Crippen LogP contribution in [0.2, 0.25) is 0 Å². The van der Waals surface area contributed by atoms with Crippen LogP contribution in [0.3, 0.4) is 0 Å². The number of rotatable bonds is 8. The number of methoxy groups -OCH3 is 1. The summed E-state index contributed by atoms with van der Waals surface area (Å²) in [4.78, 5) is 32.8.